The van der Waals surface area contributed by atoms with E-state index >= 15 is 0 Å². The van der Waals surface area contributed by atoms with Crippen molar-refractivity contribution in [1.29, 1.82) is 5.26 Å². The molecule has 0 aliphatic heterocycles. The molecular formula is C14H22N2O3SSi. The third-order valence-corrected chi connectivity index (χ3v) is 5.73. The van der Waals surface area contributed by atoms with Gasteiger partial charge in [-0.2, -0.15) is 5.26 Å². The molecule has 1 aromatic heterocycles. The van der Waals surface area contributed by atoms with Gasteiger partial charge in [-0.3, -0.25) is 0 Å². The summed E-state index contributed by atoms with van der Waals surface area (Å²) >= 11 is 0. The molecule has 1 aliphatic carbocycles. The van der Waals surface area contributed by atoms with Gasteiger partial charge in [0.05, 0.1) is 6.26 Å². The van der Waals surface area contributed by atoms with Crippen molar-refractivity contribution in [1.82, 2.24) is 3.97 Å². The highest BCUT2D eigenvalue weighted by atomic mass is 32.2. The number of hydrogen-bond acceptors (Lipinski definition) is 4. The number of nitriles is 1. The average Bonchev–Trinajstić information content (AvgIpc) is 2.64. The first-order valence-electron chi connectivity index (χ1n) is 7.04. The van der Waals surface area contributed by atoms with Crippen LogP contribution in [0.5, 0.6) is 0 Å². The maximum atomic E-state index is 12.0. The van der Waals surface area contributed by atoms with Crippen LogP contribution in [0.25, 0.3) is 0 Å². The second-order valence-corrected chi connectivity index (χ2v) is 12.9. The molecule has 7 heteroatoms. The number of rotatable bonds is 3. The van der Waals surface area contributed by atoms with Gasteiger partial charge in [0.15, 0.2) is 13.9 Å². The summed E-state index contributed by atoms with van der Waals surface area (Å²) < 4.78 is 31.6. The summed E-state index contributed by atoms with van der Waals surface area (Å²) in [4.78, 5) is 0. The van der Waals surface area contributed by atoms with Gasteiger partial charge < -0.3 is 4.43 Å². The molecule has 0 saturated heterocycles. The van der Waals surface area contributed by atoms with Crippen LogP contribution in [-0.4, -0.2) is 27.0 Å². The molecule has 21 heavy (non-hydrogen) atoms. The van der Waals surface area contributed by atoms with Crippen molar-refractivity contribution in [2.45, 2.75) is 51.4 Å². The lowest BCUT2D eigenvalue weighted by Crippen LogP contribution is -2.42. The average molecular weight is 326 g/mol. The molecule has 0 amide bonds. The van der Waals surface area contributed by atoms with Crippen molar-refractivity contribution in [3.63, 3.8) is 0 Å². The number of hydrogen-bond donors (Lipinski definition) is 0. The summed E-state index contributed by atoms with van der Waals surface area (Å²) in [6.07, 6.45) is 3.23. The predicted octanol–water partition coefficient (Wildman–Crippen LogP) is 2.51. The van der Waals surface area contributed by atoms with E-state index in [-0.39, 0.29) is 0 Å². The maximum absolute atomic E-state index is 12.0. The van der Waals surface area contributed by atoms with E-state index in [1.165, 1.54) is 10.2 Å². The number of aromatic nitrogens is 1. The molecule has 0 N–H and O–H groups in total. The molecule has 1 unspecified atom stereocenters. The molecule has 116 valence electrons. The quantitative estimate of drug-likeness (QED) is 0.800. The van der Waals surface area contributed by atoms with Gasteiger partial charge in [0.1, 0.15) is 6.07 Å². The van der Waals surface area contributed by atoms with Crippen LogP contribution < -0.4 is 0 Å². The minimum Gasteiger partial charge on any atom is -0.396 e. The Labute approximate surface area is 127 Å². The highest BCUT2D eigenvalue weighted by Crippen LogP contribution is 2.42. The number of aryl methyl sites for hydroxylation is 1. The van der Waals surface area contributed by atoms with Crippen molar-refractivity contribution in [3.05, 3.63) is 23.0 Å². The van der Waals surface area contributed by atoms with Gasteiger partial charge in [-0.05, 0) is 51.9 Å². The van der Waals surface area contributed by atoms with Crippen LogP contribution >= 0.6 is 0 Å². The Kier molecular flexibility index (Phi) is 3.85. The molecule has 1 heterocycles. The summed E-state index contributed by atoms with van der Waals surface area (Å²) in [7, 11) is -5.31. The smallest absolute Gasteiger partial charge is 0.236 e. The molecule has 1 aromatic rings. The van der Waals surface area contributed by atoms with E-state index in [2.05, 4.69) is 6.07 Å². The maximum Gasteiger partial charge on any atom is 0.236 e. The van der Waals surface area contributed by atoms with E-state index in [4.69, 9.17) is 4.43 Å². The van der Waals surface area contributed by atoms with Gasteiger partial charge in [0.2, 0.25) is 10.0 Å². The lowest BCUT2D eigenvalue weighted by Gasteiger charge is -2.36. The summed E-state index contributed by atoms with van der Waals surface area (Å²) in [6.45, 7) is 7.89. The highest BCUT2D eigenvalue weighted by Gasteiger charge is 2.44. The first-order valence-corrected chi connectivity index (χ1v) is 12.3. The van der Waals surface area contributed by atoms with E-state index in [1.54, 1.807) is 13.0 Å². The van der Waals surface area contributed by atoms with Gasteiger partial charge >= 0.3 is 0 Å². The van der Waals surface area contributed by atoms with Crippen molar-refractivity contribution in [2.75, 3.05) is 6.26 Å². The van der Waals surface area contributed by atoms with Crippen LogP contribution in [0.15, 0.2) is 6.07 Å². The summed E-state index contributed by atoms with van der Waals surface area (Å²) in [5.41, 5.74) is 1.09. The van der Waals surface area contributed by atoms with Crippen LogP contribution in [0.1, 0.15) is 29.8 Å². The zero-order valence-electron chi connectivity index (χ0n) is 13.2. The molecule has 0 aromatic carbocycles. The van der Waals surface area contributed by atoms with Crippen molar-refractivity contribution in [3.8, 4) is 6.07 Å². The molecule has 5 nitrogen and oxygen atoms in total. The van der Waals surface area contributed by atoms with E-state index in [9.17, 15) is 13.7 Å². The van der Waals surface area contributed by atoms with Gasteiger partial charge in [-0.1, -0.05) is 0 Å². The van der Waals surface area contributed by atoms with Crippen LogP contribution in [-0.2, 0) is 26.5 Å². The fraction of sp³-hybridized carbons (Fsp3) is 0.643. The summed E-state index contributed by atoms with van der Waals surface area (Å²) in [5.74, 6) is 0. The van der Waals surface area contributed by atoms with E-state index in [0.717, 1.165) is 12.0 Å². The Balaban J connectivity index is 2.68. The Morgan fingerprint density at radius 1 is 1.43 bits per heavy atom. The van der Waals surface area contributed by atoms with Gasteiger partial charge in [0.25, 0.3) is 0 Å². The summed E-state index contributed by atoms with van der Waals surface area (Å²) in [5, 5.41) is 9.74. The largest absolute Gasteiger partial charge is 0.396 e. The fourth-order valence-corrected chi connectivity index (χ4v) is 5.60. The summed E-state index contributed by atoms with van der Waals surface area (Å²) in [6, 6.07) is 4.13. The third kappa shape index (κ3) is 2.93. The topological polar surface area (TPSA) is 72.1 Å². The number of nitrogens with zero attached hydrogens (tertiary/aromatic N) is 2. The zero-order valence-corrected chi connectivity index (χ0v) is 15.0. The standard InChI is InChI=1S/C14H22N2O3SSi/c1-11-9-12-13(16(11)20(2,17)18)7-6-8-14(12,10-15)19-21(3,4)5/h9H,6-8H2,1-5H3. The van der Waals surface area contributed by atoms with Crippen LogP contribution in [0.3, 0.4) is 0 Å². The minimum absolute atomic E-state index is 0.619. The molecule has 1 aliphatic rings. The van der Waals surface area contributed by atoms with Crippen LogP contribution in [0, 0.1) is 18.3 Å². The molecule has 0 bridgehead atoms. The Hall–Kier alpha value is -1.10. The van der Waals surface area contributed by atoms with Crippen LogP contribution in [0.4, 0.5) is 0 Å². The third-order valence-electron chi connectivity index (χ3n) is 3.60. The van der Waals surface area contributed by atoms with E-state index in [0.29, 0.717) is 24.2 Å². The van der Waals surface area contributed by atoms with Crippen LogP contribution in [0.2, 0.25) is 19.6 Å². The first-order chi connectivity index (χ1) is 9.50. The molecule has 0 fully saturated rings. The SMILES string of the molecule is Cc1cc2c(n1S(C)(=O)=O)CCCC2(C#N)O[Si](C)(C)C. The Morgan fingerprint density at radius 3 is 2.52 bits per heavy atom. The lowest BCUT2D eigenvalue weighted by atomic mass is 9.84. The molecular weight excluding hydrogens is 304 g/mol. The molecule has 0 radical (unpaired) electrons. The molecule has 0 saturated carbocycles. The highest BCUT2D eigenvalue weighted by molar-refractivity contribution is 7.89. The zero-order chi connectivity index (χ0) is 16.1. The van der Waals surface area contributed by atoms with Gasteiger partial charge in [0, 0.05) is 17.0 Å². The monoisotopic (exact) mass is 326 g/mol. The molecule has 0 spiro atoms. The fourth-order valence-electron chi connectivity index (χ4n) is 3.13. The van der Waals surface area contributed by atoms with Gasteiger partial charge in [-0.25, -0.2) is 12.4 Å². The molecule has 2 rings (SSSR count). The molecule has 1 atom stereocenters. The Bertz CT molecular complexity index is 710. The van der Waals surface area contributed by atoms with Crippen molar-refractivity contribution < 1.29 is 12.8 Å². The van der Waals surface area contributed by atoms with Gasteiger partial charge in [-0.15, -0.1) is 0 Å². The number of fused-ring (bicyclic) bond motifs is 1. The van der Waals surface area contributed by atoms with E-state index in [1.807, 2.05) is 19.6 Å². The second kappa shape index (κ2) is 4.97. The second-order valence-electron chi connectivity index (χ2n) is 6.68. The van der Waals surface area contributed by atoms with E-state index < -0.39 is 23.9 Å². The predicted molar refractivity (Wildman–Crippen MR) is 84.1 cm³/mol. The Morgan fingerprint density at radius 2 is 2.05 bits per heavy atom. The van der Waals surface area contributed by atoms with Crippen molar-refractivity contribution in [2.24, 2.45) is 0 Å². The van der Waals surface area contributed by atoms with Crippen molar-refractivity contribution >= 4 is 18.3 Å². The first kappa shape index (κ1) is 16.3. The normalized spacial score (nSPS) is 22.7. The minimum atomic E-state index is -3.37. The lowest BCUT2D eigenvalue weighted by molar-refractivity contribution is 0.0982.